The average Bonchev–Trinajstić information content (AvgIpc) is 3.57. The molecular weight excluding hydrogens is 386 g/mol. The lowest BCUT2D eigenvalue weighted by Gasteiger charge is -2.36. The first-order valence-corrected chi connectivity index (χ1v) is 10.4. The molecule has 6 nitrogen and oxygen atoms in total. The van der Waals surface area contributed by atoms with Gasteiger partial charge in [0.1, 0.15) is 0 Å². The van der Waals surface area contributed by atoms with E-state index in [4.69, 9.17) is 21.6 Å². The summed E-state index contributed by atoms with van der Waals surface area (Å²) in [5.74, 6) is 1.75. The summed E-state index contributed by atoms with van der Waals surface area (Å²) < 4.78 is 0. The fourth-order valence-electron chi connectivity index (χ4n) is 3.65. The van der Waals surface area contributed by atoms with Gasteiger partial charge in [-0.15, -0.1) is 0 Å². The van der Waals surface area contributed by atoms with Crippen molar-refractivity contribution >= 4 is 40.2 Å². The Labute approximate surface area is 174 Å². The van der Waals surface area contributed by atoms with E-state index >= 15 is 0 Å². The van der Waals surface area contributed by atoms with Gasteiger partial charge in [0.2, 0.25) is 0 Å². The van der Waals surface area contributed by atoms with Crippen LogP contribution in [0.25, 0.3) is 11.0 Å². The van der Waals surface area contributed by atoms with E-state index in [-0.39, 0.29) is 5.91 Å². The molecular formula is C22H22ClN5O. The van der Waals surface area contributed by atoms with Crippen LogP contribution in [-0.2, 0) is 0 Å². The molecule has 1 saturated carbocycles. The lowest BCUT2D eigenvalue weighted by molar-refractivity contribution is 0.0746. The summed E-state index contributed by atoms with van der Waals surface area (Å²) in [5.41, 5.74) is 2.42. The van der Waals surface area contributed by atoms with Crippen LogP contribution in [0.1, 0.15) is 23.2 Å². The number of aromatic nitrogens is 2. The van der Waals surface area contributed by atoms with Crippen molar-refractivity contribution in [1.82, 2.24) is 14.9 Å². The number of carbonyl (C=O) groups excluding carboxylic acids is 1. The summed E-state index contributed by atoms with van der Waals surface area (Å²) in [6, 6.07) is 15.6. The maximum Gasteiger partial charge on any atom is 0.254 e. The largest absolute Gasteiger partial charge is 0.364 e. The van der Waals surface area contributed by atoms with Crippen LogP contribution >= 0.6 is 11.6 Å². The molecule has 0 spiro atoms. The number of amides is 1. The summed E-state index contributed by atoms with van der Waals surface area (Å²) in [7, 11) is 0. The molecule has 7 heteroatoms. The predicted octanol–water partition coefficient (Wildman–Crippen LogP) is 3.82. The molecule has 1 amide bonds. The van der Waals surface area contributed by atoms with Gasteiger partial charge in [0.25, 0.3) is 5.91 Å². The first-order valence-electron chi connectivity index (χ1n) is 10.0. The summed E-state index contributed by atoms with van der Waals surface area (Å²) in [4.78, 5) is 26.6. The monoisotopic (exact) mass is 407 g/mol. The SMILES string of the molecule is O=C(c1cccc(Cl)c1)N1CCN(c2nc3ccccc3nc2NC2CC2)CC1. The molecule has 2 heterocycles. The third-order valence-electron chi connectivity index (χ3n) is 5.41. The molecule has 1 saturated heterocycles. The highest BCUT2D eigenvalue weighted by atomic mass is 35.5. The van der Waals surface area contributed by atoms with E-state index in [0.29, 0.717) is 29.7 Å². The van der Waals surface area contributed by atoms with Crippen molar-refractivity contribution in [2.45, 2.75) is 18.9 Å². The van der Waals surface area contributed by atoms with E-state index in [0.717, 1.165) is 35.8 Å². The maximum absolute atomic E-state index is 12.8. The number of hydrogen-bond donors (Lipinski definition) is 1. The Morgan fingerprint density at radius 1 is 0.966 bits per heavy atom. The molecule has 148 valence electrons. The molecule has 0 atom stereocenters. The number of benzene rings is 2. The number of nitrogens with one attached hydrogen (secondary N) is 1. The third-order valence-corrected chi connectivity index (χ3v) is 5.64. The molecule has 2 aliphatic rings. The molecule has 1 aromatic heterocycles. The van der Waals surface area contributed by atoms with Crippen molar-refractivity contribution < 1.29 is 4.79 Å². The molecule has 0 radical (unpaired) electrons. The molecule has 2 aromatic carbocycles. The van der Waals surface area contributed by atoms with Gasteiger partial charge in [-0.25, -0.2) is 9.97 Å². The van der Waals surface area contributed by atoms with Crippen molar-refractivity contribution in [3.05, 3.63) is 59.1 Å². The van der Waals surface area contributed by atoms with Gasteiger partial charge < -0.3 is 15.1 Å². The number of hydrogen-bond acceptors (Lipinski definition) is 5. The number of halogens is 1. The Kier molecular flexibility index (Phi) is 4.72. The smallest absolute Gasteiger partial charge is 0.254 e. The van der Waals surface area contributed by atoms with E-state index < -0.39 is 0 Å². The quantitative estimate of drug-likeness (QED) is 0.712. The van der Waals surface area contributed by atoms with Crippen LogP contribution in [0.5, 0.6) is 0 Å². The van der Waals surface area contributed by atoms with Gasteiger partial charge in [0.15, 0.2) is 11.6 Å². The number of piperazine rings is 1. The van der Waals surface area contributed by atoms with Crippen LogP contribution in [0.3, 0.4) is 0 Å². The highest BCUT2D eigenvalue weighted by molar-refractivity contribution is 6.30. The summed E-state index contributed by atoms with van der Waals surface area (Å²) in [5, 5.41) is 4.11. The van der Waals surface area contributed by atoms with E-state index in [9.17, 15) is 4.79 Å². The van der Waals surface area contributed by atoms with Gasteiger partial charge in [-0.05, 0) is 43.2 Å². The Balaban J connectivity index is 1.36. The van der Waals surface area contributed by atoms with Crippen LogP contribution in [0, 0.1) is 0 Å². The van der Waals surface area contributed by atoms with E-state index in [1.54, 1.807) is 12.1 Å². The van der Waals surface area contributed by atoms with Crippen molar-refractivity contribution in [2.75, 3.05) is 36.4 Å². The van der Waals surface area contributed by atoms with E-state index in [2.05, 4.69) is 10.2 Å². The Morgan fingerprint density at radius 2 is 1.69 bits per heavy atom. The molecule has 1 aliphatic heterocycles. The zero-order chi connectivity index (χ0) is 19.8. The first-order chi connectivity index (χ1) is 14.2. The average molecular weight is 408 g/mol. The maximum atomic E-state index is 12.8. The Bertz CT molecular complexity index is 1060. The zero-order valence-corrected chi connectivity index (χ0v) is 16.8. The lowest BCUT2D eigenvalue weighted by Crippen LogP contribution is -2.49. The summed E-state index contributed by atoms with van der Waals surface area (Å²) >= 11 is 6.04. The highest BCUT2D eigenvalue weighted by Gasteiger charge is 2.28. The minimum Gasteiger partial charge on any atom is -0.364 e. The van der Waals surface area contributed by atoms with Gasteiger partial charge in [-0.3, -0.25) is 4.79 Å². The summed E-state index contributed by atoms with van der Waals surface area (Å²) in [6.07, 6.45) is 2.35. The molecule has 0 unspecified atom stereocenters. The second kappa shape index (κ2) is 7.52. The molecule has 3 aromatic rings. The van der Waals surface area contributed by atoms with Gasteiger partial charge >= 0.3 is 0 Å². The van der Waals surface area contributed by atoms with Crippen LogP contribution in [0.2, 0.25) is 5.02 Å². The van der Waals surface area contributed by atoms with Gasteiger partial charge in [-0.1, -0.05) is 29.8 Å². The molecule has 29 heavy (non-hydrogen) atoms. The van der Waals surface area contributed by atoms with Crippen molar-refractivity contribution in [3.63, 3.8) is 0 Å². The standard InChI is InChI=1S/C22H22ClN5O/c23-16-5-3-4-15(14-16)22(29)28-12-10-27(11-13-28)21-20(24-17-8-9-17)25-18-6-1-2-7-19(18)26-21/h1-7,14,17H,8-13H2,(H,24,25). The van der Waals surface area contributed by atoms with Crippen molar-refractivity contribution in [3.8, 4) is 0 Å². The number of anilines is 2. The highest BCUT2D eigenvalue weighted by Crippen LogP contribution is 2.31. The lowest BCUT2D eigenvalue weighted by atomic mass is 10.2. The summed E-state index contributed by atoms with van der Waals surface area (Å²) in [6.45, 7) is 2.72. The first kappa shape index (κ1) is 18.2. The Hall–Kier alpha value is -2.86. The predicted molar refractivity (Wildman–Crippen MR) is 116 cm³/mol. The van der Waals surface area contributed by atoms with E-state index in [1.165, 1.54) is 12.8 Å². The molecule has 0 bridgehead atoms. The van der Waals surface area contributed by atoms with Crippen molar-refractivity contribution in [1.29, 1.82) is 0 Å². The topological polar surface area (TPSA) is 61.4 Å². The molecule has 5 rings (SSSR count). The van der Waals surface area contributed by atoms with E-state index in [1.807, 2.05) is 41.3 Å². The van der Waals surface area contributed by atoms with Gasteiger partial charge in [-0.2, -0.15) is 0 Å². The molecule has 2 fully saturated rings. The molecule has 1 N–H and O–H groups in total. The van der Waals surface area contributed by atoms with Crippen molar-refractivity contribution in [2.24, 2.45) is 0 Å². The second-order valence-corrected chi connectivity index (χ2v) is 8.03. The normalized spacial score (nSPS) is 16.9. The minimum atomic E-state index is 0.0214. The minimum absolute atomic E-state index is 0.0214. The van der Waals surface area contributed by atoms with Gasteiger partial charge in [0, 0.05) is 42.8 Å². The fraction of sp³-hybridized carbons (Fsp3) is 0.318. The van der Waals surface area contributed by atoms with Crippen LogP contribution in [0.15, 0.2) is 48.5 Å². The number of nitrogens with zero attached hydrogens (tertiary/aromatic N) is 4. The van der Waals surface area contributed by atoms with Crippen LogP contribution in [-0.4, -0.2) is 53.0 Å². The Morgan fingerprint density at radius 3 is 2.38 bits per heavy atom. The third kappa shape index (κ3) is 3.85. The fourth-order valence-corrected chi connectivity index (χ4v) is 3.84. The number of rotatable bonds is 4. The molecule has 1 aliphatic carbocycles. The number of fused-ring (bicyclic) bond motifs is 1. The van der Waals surface area contributed by atoms with Crippen LogP contribution < -0.4 is 10.2 Å². The van der Waals surface area contributed by atoms with Crippen LogP contribution in [0.4, 0.5) is 11.6 Å². The number of carbonyl (C=O) groups is 1. The number of para-hydroxylation sites is 2. The van der Waals surface area contributed by atoms with Gasteiger partial charge in [0.05, 0.1) is 11.0 Å². The second-order valence-electron chi connectivity index (χ2n) is 7.59. The zero-order valence-electron chi connectivity index (χ0n) is 16.0.